The van der Waals surface area contributed by atoms with Crippen molar-refractivity contribution in [1.29, 1.82) is 0 Å². The number of halogens is 1. The molecule has 0 bridgehead atoms. The third kappa shape index (κ3) is 4.24. The van der Waals surface area contributed by atoms with Gasteiger partial charge in [0.25, 0.3) is 0 Å². The van der Waals surface area contributed by atoms with E-state index in [0.29, 0.717) is 12.0 Å². The van der Waals surface area contributed by atoms with E-state index in [1.165, 1.54) is 25.7 Å². The van der Waals surface area contributed by atoms with Crippen LogP contribution >= 0.6 is 24.2 Å². The number of nitrogens with zero attached hydrogens (tertiary/aromatic N) is 2. The van der Waals surface area contributed by atoms with Crippen molar-refractivity contribution in [2.24, 2.45) is 13.0 Å². The Kier molecular flexibility index (Phi) is 6.27. The molecule has 1 amide bonds. The first kappa shape index (κ1) is 19.3. The molecule has 1 saturated heterocycles. The van der Waals surface area contributed by atoms with Gasteiger partial charge in [-0.1, -0.05) is 24.6 Å². The first-order valence-corrected chi connectivity index (χ1v) is 9.83. The van der Waals surface area contributed by atoms with Crippen LogP contribution in [0.25, 0.3) is 0 Å². The molecule has 4 rings (SSSR count). The molecule has 1 aliphatic carbocycles. The Balaban J connectivity index is 0.00000196. The maximum absolute atomic E-state index is 12.6. The van der Waals surface area contributed by atoms with E-state index < -0.39 is 0 Å². The number of benzene rings is 1. The lowest BCUT2D eigenvalue weighted by Crippen LogP contribution is -2.39. The first-order valence-electron chi connectivity index (χ1n) is 9.01. The molecule has 1 aromatic heterocycles. The standard InChI is InChI=1S/C19H24N4OS.ClH/c1-23-11-10-20-19(23)25-15-8-6-14(7-9-15)21-18(24)17-12-13-4-2-3-5-16(13)22-17;/h6-11,13,16-17,22H,2-5,12H2,1H3,(H,21,24);1H. The summed E-state index contributed by atoms with van der Waals surface area (Å²) in [4.78, 5) is 18.0. The van der Waals surface area contributed by atoms with Crippen LogP contribution in [0.2, 0.25) is 0 Å². The van der Waals surface area contributed by atoms with Crippen LogP contribution in [0.4, 0.5) is 5.69 Å². The lowest BCUT2D eigenvalue weighted by atomic mass is 9.85. The minimum atomic E-state index is -0.0466. The van der Waals surface area contributed by atoms with Crippen LogP contribution in [0.3, 0.4) is 0 Å². The van der Waals surface area contributed by atoms with Crippen molar-refractivity contribution in [2.75, 3.05) is 5.32 Å². The molecule has 0 spiro atoms. The van der Waals surface area contributed by atoms with Gasteiger partial charge in [-0.3, -0.25) is 4.79 Å². The zero-order valence-corrected chi connectivity index (χ0v) is 16.5. The maximum Gasteiger partial charge on any atom is 0.241 e. The van der Waals surface area contributed by atoms with E-state index in [1.54, 1.807) is 18.0 Å². The lowest BCUT2D eigenvalue weighted by molar-refractivity contribution is -0.117. The molecule has 140 valence electrons. The molecule has 2 aromatic rings. The van der Waals surface area contributed by atoms with E-state index in [4.69, 9.17) is 0 Å². The van der Waals surface area contributed by atoms with E-state index in [0.717, 1.165) is 22.2 Å². The van der Waals surface area contributed by atoms with Gasteiger partial charge in [0.2, 0.25) is 5.91 Å². The highest BCUT2D eigenvalue weighted by molar-refractivity contribution is 7.99. The molecular weight excluding hydrogens is 368 g/mol. The van der Waals surface area contributed by atoms with Crippen LogP contribution in [-0.4, -0.2) is 27.5 Å². The molecule has 1 aliphatic heterocycles. The molecule has 26 heavy (non-hydrogen) atoms. The molecule has 3 unspecified atom stereocenters. The molecule has 2 N–H and O–H groups in total. The summed E-state index contributed by atoms with van der Waals surface area (Å²) in [7, 11) is 1.98. The van der Waals surface area contributed by atoms with Crippen molar-refractivity contribution in [3.05, 3.63) is 36.7 Å². The number of aromatic nitrogens is 2. The average molecular weight is 393 g/mol. The molecule has 7 heteroatoms. The largest absolute Gasteiger partial charge is 0.329 e. The van der Waals surface area contributed by atoms with Crippen molar-refractivity contribution in [2.45, 2.75) is 54.2 Å². The number of hydrogen-bond acceptors (Lipinski definition) is 4. The number of anilines is 1. The molecule has 2 aliphatic rings. The molecule has 2 fully saturated rings. The summed E-state index contributed by atoms with van der Waals surface area (Å²) in [5.41, 5.74) is 0.853. The van der Waals surface area contributed by atoms with Gasteiger partial charge < -0.3 is 15.2 Å². The van der Waals surface area contributed by atoms with Crippen LogP contribution in [-0.2, 0) is 11.8 Å². The molecule has 3 atom stereocenters. The zero-order chi connectivity index (χ0) is 17.2. The fraction of sp³-hybridized carbons (Fsp3) is 0.474. The molecule has 0 radical (unpaired) electrons. The Labute approximate surface area is 164 Å². The van der Waals surface area contributed by atoms with Crippen molar-refractivity contribution in [3.63, 3.8) is 0 Å². The van der Waals surface area contributed by atoms with Gasteiger partial charge in [0, 0.05) is 36.1 Å². The minimum absolute atomic E-state index is 0. The molecule has 5 nitrogen and oxygen atoms in total. The van der Waals surface area contributed by atoms with Gasteiger partial charge in [0.1, 0.15) is 0 Å². The van der Waals surface area contributed by atoms with E-state index in [-0.39, 0.29) is 24.4 Å². The SMILES string of the molecule is Cl.Cn1ccnc1Sc1ccc(NC(=O)C2CC3CCCCC3N2)cc1. The number of carbonyl (C=O) groups excluding carboxylic acids is 1. The second-order valence-corrected chi connectivity index (χ2v) is 8.08. The zero-order valence-electron chi connectivity index (χ0n) is 14.9. The summed E-state index contributed by atoms with van der Waals surface area (Å²) in [6.07, 6.45) is 9.79. The molecule has 2 heterocycles. The van der Waals surface area contributed by atoms with Crippen LogP contribution in [0, 0.1) is 5.92 Å². The second-order valence-electron chi connectivity index (χ2n) is 7.04. The van der Waals surface area contributed by atoms with Crippen LogP contribution < -0.4 is 10.6 Å². The van der Waals surface area contributed by atoms with Crippen molar-refractivity contribution in [3.8, 4) is 0 Å². The van der Waals surface area contributed by atoms with Crippen LogP contribution in [0.5, 0.6) is 0 Å². The topological polar surface area (TPSA) is 59.0 Å². The Morgan fingerprint density at radius 1 is 1.27 bits per heavy atom. The summed E-state index contributed by atoms with van der Waals surface area (Å²) in [5, 5.41) is 7.55. The monoisotopic (exact) mass is 392 g/mol. The minimum Gasteiger partial charge on any atom is -0.329 e. The van der Waals surface area contributed by atoms with Gasteiger partial charge in [0.05, 0.1) is 6.04 Å². The Morgan fingerprint density at radius 2 is 2.04 bits per heavy atom. The molecule has 1 aromatic carbocycles. The van der Waals surface area contributed by atoms with Gasteiger partial charge in [-0.05, 0) is 49.4 Å². The number of nitrogens with one attached hydrogen (secondary N) is 2. The number of amides is 1. The van der Waals surface area contributed by atoms with Gasteiger partial charge in [-0.25, -0.2) is 4.98 Å². The number of carbonyl (C=O) groups is 1. The van der Waals surface area contributed by atoms with Crippen molar-refractivity contribution < 1.29 is 4.79 Å². The number of fused-ring (bicyclic) bond motifs is 1. The number of aryl methyl sites for hydroxylation is 1. The molecular formula is C19H25ClN4OS. The third-order valence-electron chi connectivity index (χ3n) is 5.29. The van der Waals surface area contributed by atoms with E-state index in [2.05, 4.69) is 15.6 Å². The predicted octanol–water partition coefficient (Wildman–Crippen LogP) is 3.85. The smallest absolute Gasteiger partial charge is 0.241 e. The first-order chi connectivity index (χ1) is 12.2. The summed E-state index contributed by atoms with van der Waals surface area (Å²) >= 11 is 1.61. The van der Waals surface area contributed by atoms with E-state index >= 15 is 0 Å². The molecule has 1 saturated carbocycles. The Morgan fingerprint density at radius 3 is 2.73 bits per heavy atom. The van der Waals surface area contributed by atoms with Gasteiger partial charge >= 0.3 is 0 Å². The summed E-state index contributed by atoms with van der Waals surface area (Å²) in [6, 6.07) is 8.47. The fourth-order valence-electron chi connectivity index (χ4n) is 3.91. The summed E-state index contributed by atoms with van der Waals surface area (Å²) < 4.78 is 1.99. The summed E-state index contributed by atoms with van der Waals surface area (Å²) in [6.45, 7) is 0. The van der Waals surface area contributed by atoms with Gasteiger partial charge in [0.15, 0.2) is 5.16 Å². The lowest BCUT2D eigenvalue weighted by Gasteiger charge is -2.24. The second kappa shape index (κ2) is 8.46. The van der Waals surface area contributed by atoms with E-state index in [9.17, 15) is 4.79 Å². The third-order valence-corrected chi connectivity index (χ3v) is 6.37. The summed E-state index contributed by atoms with van der Waals surface area (Å²) in [5.74, 6) is 0.778. The van der Waals surface area contributed by atoms with Crippen LogP contribution in [0.15, 0.2) is 46.7 Å². The van der Waals surface area contributed by atoms with Gasteiger partial charge in [-0.15, -0.1) is 12.4 Å². The van der Waals surface area contributed by atoms with Crippen molar-refractivity contribution >= 4 is 35.8 Å². The van der Waals surface area contributed by atoms with E-state index in [1.807, 2.05) is 42.1 Å². The van der Waals surface area contributed by atoms with Crippen molar-refractivity contribution in [1.82, 2.24) is 14.9 Å². The van der Waals surface area contributed by atoms with Crippen LogP contribution in [0.1, 0.15) is 32.1 Å². The quantitative estimate of drug-likeness (QED) is 0.829. The highest BCUT2D eigenvalue weighted by Gasteiger charge is 2.38. The highest BCUT2D eigenvalue weighted by atomic mass is 35.5. The highest BCUT2D eigenvalue weighted by Crippen LogP contribution is 2.33. The maximum atomic E-state index is 12.6. The number of rotatable bonds is 4. The average Bonchev–Trinajstić information content (AvgIpc) is 3.23. The predicted molar refractivity (Wildman–Crippen MR) is 107 cm³/mol. The number of hydrogen-bond donors (Lipinski definition) is 2. The fourth-order valence-corrected chi connectivity index (χ4v) is 4.71. The Hall–Kier alpha value is -1.50. The normalized spacial score (nSPS) is 24.6. The number of imidazole rings is 1. The Bertz CT molecular complexity index is 734. The van der Waals surface area contributed by atoms with Gasteiger partial charge in [-0.2, -0.15) is 0 Å².